The summed E-state index contributed by atoms with van der Waals surface area (Å²) in [6.07, 6.45) is -10.1. The number of nitriles is 1. The fourth-order valence-electron chi connectivity index (χ4n) is 2.94. The predicted molar refractivity (Wildman–Crippen MR) is 106 cm³/mol. The molecule has 0 unspecified atom stereocenters. The molecule has 2 rings (SSSR count). The van der Waals surface area contributed by atoms with Gasteiger partial charge in [-0.25, -0.2) is 9.37 Å². The number of carbonyl (C=O) groups excluding carboxylic acids is 1. The Bertz CT molecular complexity index is 1090. The van der Waals surface area contributed by atoms with Crippen molar-refractivity contribution in [2.75, 3.05) is 23.3 Å². The Kier molecular flexibility index (Phi) is 7.79. The van der Waals surface area contributed by atoms with Gasteiger partial charge in [-0.05, 0) is 37.1 Å². The number of hydrogen-bond donors (Lipinski definition) is 1. The van der Waals surface area contributed by atoms with Gasteiger partial charge >= 0.3 is 12.4 Å². The number of nitrogens with zero attached hydrogens (tertiary/aromatic N) is 3. The van der Waals surface area contributed by atoms with E-state index >= 15 is 0 Å². The minimum absolute atomic E-state index is 0.0955. The Morgan fingerprint density at radius 3 is 2.33 bits per heavy atom. The van der Waals surface area contributed by atoms with Crippen LogP contribution < -0.4 is 10.2 Å². The number of amides is 1. The van der Waals surface area contributed by atoms with Crippen molar-refractivity contribution in [3.63, 3.8) is 0 Å². The summed E-state index contributed by atoms with van der Waals surface area (Å²) in [4.78, 5) is 17.0. The Morgan fingerprint density at radius 2 is 1.82 bits per heavy atom. The summed E-state index contributed by atoms with van der Waals surface area (Å²) in [6.45, 7) is 2.51. The maximum absolute atomic E-state index is 13.7. The van der Waals surface area contributed by atoms with E-state index in [1.807, 2.05) is 0 Å². The van der Waals surface area contributed by atoms with E-state index in [0.717, 1.165) is 11.0 Å². The summed E-state index contributed by atoms with van der Waals surface area (Å²) in [6, 6.07) is 3.19. The minimum atomic E-state index is -5.27. The zero-order valence-electron chi connectivity index (χ0n) is 17.1. The zero-order valence-corrected chi connectivity index (χ0v) is 17.9. The fourth-order valence-corrected chi connectivity index (χ4v) is 3.10. The van der Waals surface area contributed by atoms with Gasteiger partial charge in [-0.2, -0.15) is 31.6 Å². The SMILES string of the molecule is CCCN(C(=O)CNc1nc(C(F)(F)F)cc(C(F)(F)F)c1C#N)c1cc(Cl)c(F)cc1C. The third-order valence-electron chi connectivity index (χ3n) is 4.41. The zero-order chi connectivity index (χ0) is 25.1. The van der Waals surface area contributed by atoms with Crippen LogP contribution in [0.4, 0.5) is 42.2 Å². The average Bonchev–Trinajstić information content (AvgIpc) is 2.71. The summed E-state index contributed by atoms with van der Waals surface area (Å²) < 4.78 is 92.7. The van der Waals surface area contributed by atoms with Crippen molar-refractivity contribution in [2.24, 2.45) is 0 Å². The Morgan fingerprint density at radius 1 is 1.18 bits per heavy atom. The van der Waals surface area contributed by atoms with Crippen LogP contribution in [0, 0.1) is 24.1 Å². The topological polar surface area (TPSA) is 69.0 Å². The molecular weight excluding hydrogens is 481 g/mol. The first kappa shape index (κ1) is 26.2. The smallest absolute Gasteiger partial charge is 0.360 e. The summed E-state index contributed by atoms with van der Waals surface area (Å²) in [5.41, 5.74) is -4.37. The number of carbonyl (C=O) groups is 1. The van der Waals surface area contributed by atoms with Crippen LogP contribution in [0.3, 0.4) is 0 Å². The van der Waals surface area contributed by atoms with Gasteiger partial charge in [0.1, 0.15) is 29.0 Å². The number of benzene rings is 1. The summed E-state index contributed by atoms with van der Waals surface area (Å²) in [5.74, 6) is -2.55. The second-order valence-corrected chi connectivity index (χ2v) is 7.24. The molecule has 0 atom stereocenters. The van der Waals surface area contributed by atoms with Crippen LogP contribution in [0.1, 0.15) is 35.7 Å². The molecule has 0 fully saturated rings. The van der Waals surface area contributed by atoms with Gasteiger partial charge in [0.15, 0.2) is 0 Å². The van der Waals surface area contributed by atoms with Crippen molar-refractivity contribution >= 4 is 29.0 Å². The van der Waals surface area contributed by atoms with Gasteiger partial charge in [-0.1, -0.05) is 18.5 Å². The molecule has 178 valence electrons. The van der Waals surface area contributed by atoms with E-state index in [1.165, 1.54) is 19.1 Å². The molecule has 0 aliphatic heterocycles. The standard InChI is InChI=1S/C20H16ClF7N4O/c1-3-4-32(15-7-13(21)14(22)5-10(15)2)17(33)9-30-18-11(8-29)12(19(23,24)25)6-16(31-18)20(26,27)28/h5-7H,3-4,9H2,1-2H3,(H,30,31). The highest BCUT2D eigenvalue weighted by Crippen LogP contribution is 2.38. The molecule has 0 saturated carbocycles. The summed E-state index contributed by atoms with van der Waals surface area (Å²) in [7, 11) is 0. The first-order chi connectivity index (χ1) is 15.2. The number of aryl methyl sites for hydroxylation is 1. The molecule has 0 bridgehead atoms. The van der Waals surface area contributed by atoms with E-state index in [9.17, 15) is 35.5 Å². The molecule has 1 heterocycles. The fraction of sp³-hybridized carbons (Fsp3) is 0.350. The van der Waals surface area contributed by atoms with Gasteiger partial charge in [0.25, 0.3) is 0 Å². The van der Waals surface area contributed by atoms with E-state index in [1.54, 1.807) is 6.92 Å². The normalized spacial score (nSPS) is 11.8. The first-order valence-electron chi connectivity index (χ1n) is 9.30. The van der Waals surface area contributed by atoms with E-state index in [2.05, 4.69) is 10.3 Å². The van der Waals surface area contributed by atoms with E-state index in [0.29, 0.717) is 12.0 Å². The van der Waals surface area contributed by atoms with E-state index in [4.69, 9.17) is 16.9 Å². The average molecular weight is 497 g/mol. The van der Waals surface area contributed by atoms with Crippen LogP contribution in [0.15, 0.2) is 18.2 Å². The van der Waals surface area contributed by atoms with Gasteiger partial charge in [-0.3, -0.25) is 4.79 Å². The van der Waals surface area contributed by atoms with Crippen molar-refractivity contribution in [1.82, 2.24) is 4.98 Å². The Balaban J connectivity index is 2.45. The van der Waals surface area contributed by atoms with Crippen molar-refractivity contribution in [1.29, 1.82) is 5.26 Å². The van der Waals surface area contributed by atoms with Crippen LogP contribution in [0.5, 0.6) is 0 Å². The van der Waals surface area contributed by atoms with Gasteiger partial charge < -0.3 is 10.2 Å². The van der Waals surface area contributed by atoms with Gasteiger partial charge in [0.2, 0.25) is 5.91 Å². The van der Waals surface area contributed by atoms with Gasteiger partial charge in [0.05, 0.1) is 17.1 Å². The highest BCUT2D eigenvalue weighted by Gasteiger charge is 2.41. The van der Waals surface area contributed by atoms with Crippen molar-refractivity contribution in [2.45, 2.75) is 32.6 Å². The lowest BCUT2D eigenvalue weighted by Gasteiger charge is -2.25. The second kappa shape index (κ2) is 9.82. The first-order valence-corrected chi connectivity index (χ1v) is 9.67. The molecule has 13 heteroatoms. The molecule has 0 aliphatic rings. The number of nitrogens with one attached hydrogen (secondary N) is 1. The largest absolute Gasteiger partial charge is 0.433 e. The highest BCUT2D eigenvalue weighted by atomic mass is 35.5. The third-order valence-corrected chi connectivity index (χ3v) is 4.70. The molecule has 0 radical (unpaired) electrons. The number of rotatable bonds is 6. The van der Waals surface area contributed by atoms with Crippen molar-refractivity contribution in [3.05, 3.63) is 51.4 Å². The van der Waals surface area contributed by atoms with E-state index in [-0.39, 0.29) is 23.3 Å². The third kappa shape index (κ3) is 6.04. The second-order valence-electron chi connectivity index (χ2n) is 6.84. The lowest BCUT2D eigenvalue weighted by molar-refractivity contribution is -0.145. The van der Waals surface area contributed by atoms with Gasteiger partial charge in [0, 0.05) is 12.2 Å². The summed E-state index contributed by atoms with van der Waals surface area (Å²) >= 11 is 5.78. The van der Waals surface area contributed by atoms with Crippen molar-refractivity contribution < 1.29 is 35.5 Å². The number of alkyl halides is 6. The molecule has 0 spiro atoms. The number of pyridine rings is 1. The van der Waals surface area contributed by atoms with Crippen LogP contribution in [0.2, 0.25) is 5.02 Å². The molecule has 0 saturated heterocycles. The maximum Gasteiger partial charge on any atom is 0.433 e. The number of aromatic nitrogens is 1. The Labute approximate surface area is 188 Å². The number of anilines is 2. The van der Waals surface area contributed by atoms with E-state index < -0.39 is 53.3 Å². The highest BCUT2D eigenvalue weighted by molar-refractivity contribution is 6.31. The number of halogens is 8. The van der Waals surface area contributed by atoms with Crippen molar-refractivity contribution in [3.8, 4) is 6.07 Å². The maximum atomic E-state index is 13.7. The van der Waals surface area contributed by atoms with Gasteiger partial charge in [-0.15, -0.1) is 0 Å². The molecular formula is C20H16ClF7N4O. The molecule has 2 aromatic rings. The molecule has 0 aliphatic carbocycles. The molecule has 1 aromatic carbocycles. The monoisotopic (exact) mass is 496 g/mol. The molecule has 5 nitrogen and oxygen atoms in total. The quantitative estimate of drug-likeness (QED) is 0.502. The lowest BCUT2D eigenvalue weighted by atomic mass is 10.1. The van der Waals surface area contributed by atoms with Crippen LogP contribution in [-0.2, 0) is 17.1 Å². The van der Waals surface area contributed by atoms with Crippen LogP contribution in [-0.4, -0.2) is 24.0 Å². The van der Waals surface area contributed by atoms with Crippen LogP contribution in [0.25, 0.3) is 0 Å². The molecule has 1 aromatic heterocycles. The summed E-state index contributed by atoms with van der Waals surface area (Å²) in [5, 5.41) is 11.0. The van der Waals surface area contributed by atoms with Crippen LogP contribution >= 0.6 is 11.6 Å². The molecule has 1 amide bonds. The predicted octanol–water partition coefficient (Wildman–Crippen LogP) is 5.95. The lowest BCUT2D eigenvalue weighted by Crippen LogP contribution is -2.37. The molecule has 1 N–H and O–H groups in total. The minimum Gasteiger partial charge on any atom is -0.360 e. The Hall–Kier alpha value is -3.07. The number of hydrogen-bond acceptors (Lipinski definition) is 4. The molecule has 33 heavy (non-hydrogen) atoms.